The van der Waals surface area contributed by atoms with E-state index in [2.05, 4.69) is 5.32 Å². The first-order valence-electron chi connectivity index (χ1n) is 10.7. The first kappa shape index (κ1) is 23.9. The van der Waals surface area contributed by atoms with Crippen LogP contribution in [0.25, 0.3) is 0 Å². The molecule has 1 aromatic heterocycles. The Kier molecular flexibility index (Phi) is 7.77. The fourth-order valence-corrected chi connectivity index (χ4v) is 3.58. The maximum absolute atomic E-state index is 13.1. The molecule has 3 aromatic rings. The lowest BCUT2D eigenvalue weighted by atomic mass is 10.1. The average Bonchev–Trinajstić information content (AvgIpc) is 3.07. The number of benzene rings is 2. The normalized spacial score (nSPS) is 11.6. The third-order valence-corrected chi connectivity index (χ3v) is 5.38. The Morgan fingerprint density at radius 1 is 1.03 bits per heavy atom. The second kappa shape index (κ2) is 10.7. The van der Waals surface area contributed by atoms with Crippen molar-refractivity contribution in [2.24, 2.45) is 0 Å². The van der Waals surface area contributed by atoms with Crippen LogP contribution in [0.5, 0.6) is 0 Å². The number of carbonyl (C=O) groups excluding carboxylic acids is 3. The predicted molar refractivity (Wildman–Crippen MR) is 123 cm³/mol. The number of esters is 1. The van der Waals surface area contributed by atoms with Crippen molar-refractivity contribution >= 4 is 17.7 Å². The highest BCUT2D eigenvalue weighted by Gasteiger charge is 2.19. The molecule has 0 aliphatic carbocycles. The maximum Gasteiger partial charge on any atom is 0.308 e. The summed E-state index contributed by atoms with van der Waals surface area (Å²) in [6.07, 6.45) is -0.0462. The van der Waals surface area contributed by atoms with Crippen molar-refractivity contribution in [3.05, 3.63) is 94.6 Å². The molecule has 0 aliphatic heterocycles. The monoisotopic (exact) mass is 450 g/mol. The van der Waals surface area contributed by atoms with Crippen molar-refractivity contribution in [3.63, 3.8) is 0 Å². The molecule has 3 rings (SSSR count). The summed E-state index contributed by atoms with van der Waals surface area (Å²) >= 11 is 0. The van der Waals surface area contributed by atoms with E-state index >= 15 is 0 Å². The topological polar surface area (TPSA) is 77.4 Å². The van der Waals surface area contributed by atoms with Gasteiger partial charge in [0.05, 0.1) is 6.42 Å². The van der Waals surface area contributed by atoms with Crippen molar-refractivity contribution in [3.8, 4) is 0 Å². The quantitative estimate of drug-likeness (QED) is 0.391. The number of ether oxygens (including phenoxy) is 1. The molecule has 0 radical (unpaired) electrons. The van der Waals surface area contributed by atoms with E-state index in [-0.39, 0.29) is 30.5 Å². The molecule has 0 fully saturated rings. The summed E-state index contributed by atoms with van der Waals surface area (Å²) < 4.78 is 20.3. The van der Waals surface area contributed by atoms with Crippen LogP contribution in [-0.4, -0.2) is 34.9 Å². The third-order valence-electron chi connectivity index (χ3n) is 5.38. The number of nitrogens with zero attached hydrogens (tertiary/aromatic N) is 1. The van der Waals surface area contributed by atoms with Crippen LogP contribution in [0.4, 0.5) is 4.39 Å². The number of hydrogen-bond acceptors (Lipinski definition) is 4. The largest absolute Gasteiger partial charge is 0.457 e. The van der Waals surface area contributed by atoms with Gasteiger partial charge in [-0.1, -0.05) is 30.3 Å². The second-order valence-corrected chi connectivity index (χ2v) is 8.03. The number of hydrogen-bond donors (Lipinski definition) is 1. The minimum atomic E-state index is -0.565. The minimum Gasteiger partial charge on any atom is -0.457 e. The molecule has 1 amide bonds. The van der Waals surface area contributed by atoms with Gasteiger partial charge in [-0.25, -0.2) is 4.39 Å². The number of rotatable bonds is 9. The summed E-state index contributed by atoms with van der Waals surface area (Å²) in [5, 5.41) is 2.74. The third kappa shape index (κ3) is 6.38. The molecule has 7 heteroatoms. The lowest BCUT2D eigenvalue weighted by Crippen LogP contribution is -2.34. The number of Topliss-reactive ketones (excluding diaryl/α,β-unsaturated/α-hetero) is 1. The van der Waals surface area contributed by atoms with Crippen molar-refractivity contribution < 1.29 is 23.5 Å². The van der Waals surface area contributed by atoms with E-state index in [1.807, 2.05) is 24.5 Å². The Balaban J connectivity index is 1.53. The summed E-state index contributed by atoms with van der Waals surface area (Å²) in [5.41, 5.74) is 3.53. The summed E-state index contributed by atoms with van der Waals surface area (Å²) in [6, 6.07) is 16.2. The van der Waals surface area contributed by atoms with Crippen molar-refractivity contribution in [2.45, 2.75) is 39.8 Å². The molecule has 1 unspecified atom stereocenters. The van der Waals surface area contributed by atoms with Crippen LogP contribution in [0, 0.1) is 19.7 Å². The summed E-state index contributed by atoms with van der Waals surface area (Å²) in [7, 11) is 0. The number of amides is 1. The number of aryl methyl sites for hydroxylation is 1. The van der Waals surface area contributed by atoms with Gasteiger partial charge in [-0.15, -0.1) is 0 Å². The molecule has 0 spiro atoms. The highest BCUT2D eigenvalue weighted by molar-refractivity contribution is 5.99. The van der Waals surface area contributed by atoms with Crippen LogP contribution in [-0.2, 0) is 16.1 Å². The molecule has 0 aliphatic rings. The smallest absolute Gasteiger partial charge is 0.308 e. The van der Waals surface area contributed by atoms with Gasteiger partial charge in [0.1, 0.15) is 5.82 Å². The van der Waals surface area contributed by atoms with E-state index in [1.165, 1.54) is 12.1 Å². The fourth-order valence-electron chi connectivity index (χ4n) is 3.58. The Morgan fingerprint density at radius 3 is 2.36 bits per heavy atom. The van der Waals surface area contributed by atoms with E-state index in [4.69, 9.17) is 4.74 Å². The van der Waals surface area contributed by atoms with Gasteiger partial charge in [0.2, 0.25) is 5.78 Å². The van der Waals surface area contributed by atoms with Gasteiger partial charge in [-0.3, -0.25) is 14.4 Å². The SMILES string of the molecule is Cc1cc(C(=O)COC(=O)CC(C)NC(=O)c2ccccc2)c(C)n1Cc1ccc(F)cc1. The van der Waals surface area contributed by atoms with E-state index < -0.39 is 12.0 Å². The van der Waals surface area contributed by atoms with Gasteiger partial charge in [0.15, 0.2) is 6.61 Å². The molecule has 0 bridgehead atoms. The summed E-state index contributed by atoms with van der Waals surface area (Å²) in [5.74, 6) is -1.45. The molecule has 0 saturated carbocycles. The van der Waals surface area contributed by atoms with Crippen molar-refractivity contribution in [1.82, 2.24) is 9.88 Å². The van der Waals surface area contributed by atoms with E-state index in [0.717, 1.165) is 17.0 Å². The van der Waals surface area contributed by atoms with Crippen LogP contribution in [0.2, 0.25) is 0 Å². The average molecular weight is 451 g/mol. The second-order valence-electron chi connectivity index (χ2n) is 8.03. The highest BCUT2D eigenvalue weighted by Crippen LogP contribution is 2.18. The number of halogens is 1. The molecule has 6 nitrogen and oxygen atoms in total. The van der Waals surface area contributed by atoms with Crippen LogP contribution < -0.4 is 5.32 Å². The lowest BCUT2D eigenvalue weighted by Gasteiger charge is -2.13. The van der Waals surface area contributed by atoms with Gasteiger partial charge >= 0.3 is 5.97 Å². The van der Waals surface area contributed by atoms with Crippen LogP contribution >= 0.6 is 0 Å². The Hall–Kier alpha value is -3.74. The van der Waals surface area contributed by atoms with Gasteiger partial charge < -0.3 is 14.6 Å². The number of carbonyl (C=O) groups is 3. The Bertz CT molecular complexity index is 1140. The van der Waals surface area contributed by atoms with Crippen LogP contribution in [0.1, 0.15) is 51.0 Å². The molecule has 1 N–H and O–H groups in total. The molecule has 172 valence electrons. The summed E-state index contributed by atoms with van der Waals surface area (Å²) in [6.45, 7) is 5.54. The van der Waals surface area contributed by atoms with Gasteiger partial charge in [-0.05, 0) is 56.7 Å². The van der Waals surface area contributed by atoms with E-state index in [0.29, 0.717) is 17.7 Å². The zero-order valence-corrected chi connectivity index (χ0v) is 18.9. The van der Waals surface area contributed by atoms with E-state index in [1.54, 1.807) is 49.4 Å². The molecule has 33 heavy (non-hydrogen) atoms. The first-order valence-corrected chi connectivity index (χ1v) is 10.7. The lowest BCUT2D eigenvalue weighted by molar-refractivity contribution is -0.142. The fraction of sp³-hybridized carbons (Fsp3) is 0.269. The van der Waals surface area contributed by atoms with Crippen molar-refractivity contribution in [2.75, 3.05) is 6.61 Å². The Labute approximate surface area is 192 Å². The predicted octanol–water partition coefficient (Wildman–Crippen LogP) is 4.23. The molecule has 1 atom stereocenters. The minimum absolute atomic E-state index is 0.0462. The first-order chi connectivity index (χ1) is 15.7. The van der Waals surface area contributed by atoms with Gasteiger partial charge in [0, 0.05) is 35.1 Å². The van der Waals surface area contributed by atoms with Crippen LogP contribution in [0.15, 0.2) is 60.7 Å². The summed E-state index contributed by atoms with van der Waals surface area (Å²) in [4.78, 5) is 37.0. The van der Waals surface area contributed by atoms with Gasteiger partial charge in [-0.2, -0.15) is 0 Å². The molecular weight excluding hydrogens is 423 g/mol. The molecule has 1 heterocycles. The van der Waals surface area contributed by atoms with Crippen LogP contribution in [0.3, 0.4) is 0 Å². The van der Waals surface area contributed by atoms with Gasteiger partial charge in [0.25, 0.3) is 5.91 Å². The van der Waals surface area contributed by atoms with E-state index in [9.17, 15) is 18.8 Å². The molecule has 0 saturated heterocycles. The zero-order chi connectivity index (χ0) is 24.0. The molecular formula is C26H27FN2O4. The number of nitrogens with one attached hydrogen (secondary N) is 1. The maximum atomic E-state index is 13.1. The molecule has 2 aromatic carbocycles. The van der Waals surface area contributed by atoms with Crippen molar-refractivity contribution in [1.29, 1.82) is 0 Å². The number of ketones is 1. The Morgan fingerprint density at radius 2 is 1.70 bits per heavy atom. The number of aromatic nitrogens is 1. The standard InChI is InChI=1S/C26H27FN2O4/c1-17(28-26(32)21-7-5-4-6-8-21)13-25(31)33-16-24(30)23-14-18(2)29(19(23)3)15-20-9-11-22(27)12-10-20/h4-12,14,17H,13,15-16H2,1-3H3,(H,28,32). The zero-order valence-electron chi connectivity index (χ0n) is 18.9. The highest BCUT2D eigenvalue weighted by atomic mass is 19.1.